The maximum Gasteiger partial charge on any atom is 0.288 e. The Morgan fingerprint density at radius 3 is 2.62 bits per heavy atom. The van der Waals surface area contributed by atoms with Gasteiger partial charge in [0.2, 0.25) is 0 Å². The molecular weight excluding hydrogens is 328 g/mol. The van der Waals surface area contributed by atoms with Gasteiger partial charge in [-0.1, -0.05) is 11.6 Å². The molecule has 3 nitrogen and oxygen atoms in total. The predicted molar refractivity (Wildman–Crippen MR) is 60.4 cm³/mol. The Balaban J connectivity index is 3.28. The van der Waals surface area contributed by atoms with Gasteiger partial charge in [0.05, 0.1) is 4.92 Å². The Morgan fingerprint density at radius 2 is 2.15 bits per heavy atom. The van der Waals surface area contributed by atoms with Crippen LogP contribution in [-0.2, 0) is 5.88 Å². The summed E-state index contributed by atoms with van der Waals surface area (Å²) in [4.78, 5) is 9.95. The number of hydrogen-bond donors (Lipinski definition) is 0. The molecule has 0 aliphatic carbocycles. The summed E-state index contributed by atoms with van der Waals surface area (Å²) in [5.41, 5.74) is 0.720. The Hall–Kier alpha value is -0.0700. The number of halogens is 3. The molecule has 0 bridgehead atoms. The minimum Gasteiger partial charge on any atom is -0.258 e. The van der Waals surface area contributed by atoms with Gasteiger partial charge in [-0.15, -0.1) is 11.6 Å². The molecule has 0 heterocycles. The van der Waals surface area contributed by atoms with Gasteiger partial charge in [-0.3, -0.25) is 10.1 Å². The van der Waals surface area contributed by atoms with Gasteiger partial charge in [0.15, 0.2) is 0 Å². The molecule has 0 aromatic heterocycles. The van der Waals surface area contributed by atoms with Crippen molar-refractivity contribution in [3.63, 3.8) is 0 Å². The summed E-state index contributed by atoms with van der Waals surface area (Å²) in [6.45, 7) is 0. The SMILES string of the molecule is O=[N+]([O-])c1cc(I)c(CCl)cc1Cl. The number of nitro benzene ring substituents is 1. The van der Waals surface area contributed by atoms with E-state index in [-0.39, 0.29) is 10.7 Å². The van der Waals surface area contributed by atoms with Gasteiger partial charge in [-0.2, -0.15) is 0 Å². The molecule has 70 valence electrons. The molecular formula is C7H4Cl2INO2. The molecule has 0 aliphatic heterocycles. The summed E-state index contributed by atoms with van der Waals surface area (Å²) in [5.74, 6) is 0.302. The molecule has 1 aromatic rings. The lowest BCUT2D eigenvalue weighted by molar-refractivity contribution is -0.384. The molecule has 1 rings (SSSR count). The molecule has 0 fully saturated rings. The van der Waals surface area contributed by atoms with E-state index in [0.717, 1.165) is 9.13 Å². The molecule has 0 spiro atoms. The Bertz CT molecular complexity index is 357. The zero-order valence-electron chi connectivity index (χ0n) is 6.26. The zero-order chi connectivity index (χ0) is 10.0. The number of nitrogens with zero attached hydrogens (tertiary/aromatic N) is 1. The van der Waals surface area contributed by atoms with Crippen molar-refractivity contribution >= 4 is 51.5 Å². The van der Waals surface area contributed by atoms with Crippen LogP contribution in [0.5, 0.6) is 0 Å². The lowest BCUT2D eigenvalue weighted by Crippen LogP contribution is -1.93. The minimum absolute atomic E-state index is 0.0834. The first kappa shape index (κ1) is 11.0. The summed E-state index contributed by atoms with van der Waals surface area (Å²) in [5, 5.41) is 10.6. The van der Waals surface area contributed by atoms with E-state index in [4.69, 9.17) is 23.2 Å². The van der Waals surface area contributed by atoms with Gasteiger partial charge < -0.3 is 0 Å². The van der Waals surface area contributed by atoms with E-state index in [0.29, 0.717) is 5.88 Å². The smallest absolute Gasteiger partial charge is 0.258 e. The van der Waals surface area contributed by atoms with Gasteiger partial charge in [0.25, 0.3) is 5.69 Å². The quantitative estimate of drug-likeness (QED) is 0.360. The molecule has 0 aliphatic rings. The van der Waals surface area contributed by atoms with E-state index >= 15 is 0 Å². The minimum atomic E-state index is -0.511. The average molecular weight is 332 g/mol. The highest BCUT2D eigenvalue weighted by atomic mass is 127. The Labute approximate surface area is 98.3 Å². The fourth-order valence-electron chi connectivity index (χ4n) is 0.820. The molecule has 0 saturated heterocycles. The van der Waals surface area contributed by atoms with Crippen molar-refractivity contribution in [3.05, 3.63) is 36.4 Å². The van der Waals surface area contributed by atoms with Crippen LogP contribution in [0, 0.1) is 13.7 Å². The summed E-state index contributed by atoms with van der Waals surface area (Å²) >= 11 is 13.3. The van der Waals surface area contributed by atoms with E-state index in [9.17, 15) is 10.1 Å². The van der Waals surface area contributed by atoms with E-state index in [2.05, 4.69) is 0 Å². The van der Waals surface area contributed by atoms with Crippen molar-refractivity contribution in [2.45, 2.75) is 5.88 Å². The second-order valence-corrected chi connectivity index (χ2v) is 4.12. The highest BCUT2D eigenvalue weighted by molar-refractivity contribution is 14.1. The van der Waals surface area contributed by atoms with Gasteiger partial charge >= 0.3 is 0 Å². The number of rotatable bonds is 2. The zero-order valence-corrected chi connectivity index (χ0v) is 9.93. The van der Waals surface area contributed by atoms with Crippen molar-refractivity contribution in [1.29, 1.82) is 0 Å². The largest absolute Gasteiger partial charge is 0.288 e. The second kappa shape index (κ2) is 4.43. The number of benzene rings is 1. The number of nitro groups is 1. The van der Waals surface area contributed by atoms with Gasteiger partial charge in [-0.25, -0.2) is 0 Å². The van der Waals surface area contributed by atoms with Crippen LogP contribution in [0.15, 0.2) is 12.1 Å². The summed E-state index contributed by atoms with van der Waals surface area (Å²) in [6.07, 6.45) is 0. The maximum absolute atomic E-state index is 10.5. The van der Waals surface area contributed by atoms with Crippen LogP contribution >= 0.6 is 45.8 Å². The third kappa shape index (κ3) is 2.45. The molecule has 0 unspecified atom stereocenters. The third-order valence-corrected chi connectivity index (χ3v) is 3.05. The van der Waals surface area contributed by atoms with Crippen molar-refractivity contribution in [3.8, 4) is 0 Å². The van der Waals surface area contributed by atoms with Crippen LogP contribution in [-0.4, -0.2) is 4.92 Å². The topological polar surface area (TPSA) is 43.1 Å². The second-order valence-electron chi connectivity index (χ2n) is 2.29. The van der Waals surface area contributed by atoms with E-state index in [1.54, 1.807) is 0 Å². The van der Waals surface area contributed by atoms with Crippen LogP contribution in [0.1, 0.15) is 5.56 Å². The molecule has 13 heavy (non-hydrogen) atoms. The lowest BCUT2D eigenvalue weighted by atomic mass is 10.2. The molecule has 1 aromatic carbocycles. The summed E-state index contributed by atoms with van der Waals surface area (Å²) < 4.78 is 0.753. The predicted octanol–water partition coefficient (Wildman–Crippen LogP) is 3.59. The molecule has 0 atom stereocenters. The number of alkyl halides is 1. The normalized spacial score (nSPS) is 10.1. The van der Waals surface area contributed by atoms with Gasteiger partial charge in [0, 0.05) is 15.5 Å². The van der Waals surface area contributed by atoms with Crippen LogP contribution in [0.4, 0.5) is 5.69 Å². The van der Waals surface area contributed by atoms with E-state index < -0.39 is 4.92 Å². The monoisotopic (exact) mass is 331 g/mol. The average Bonchev–Trinajstić information content (AvgIpc) is 2.07. The van der Waals surface area contributed by atoms with Crippen molar-refractivity contribution in [1.82, 2.24) is 0 Å². The van der Waals surface area contributed by atoms with Crippen molar-refractivity contribution in [2.75, 3.05) is 0 Å². The first-order valence-corrected chi connectivity index (χ1v) is 5.23. The van der Waals surface area contributed by atoms with Crippen LogP contribution in [0.2, 0.25) is 5.02 Å². The fourth-order valence-corrected chi connectivity index (χ4v) is 2.16. The fraction of sp³-hybridized carbons (Fsp3) is 0.143. The summed E-state index contributed by atoms with van der Waals surface area (Å²) in [6, 6.07) is 2.94. The first-order valence-electron chi connectivity index (χ1n) is 3.24. The standard InChI is InChI=1S/C7H4Cl2INO2/c8-3-4-1-5(9)7(11(12)13)2-6(4)10/h1-2H,3H2. The number of hydrogen-bond acceptors (Lipinski definition) is 2. The molecule has 0 N–H and O–H groups in total. The third-order valence-electron chi connectivity index (χ3n) is 1.46. The Morgan fingerprint density at radius 1 is 1.54 bits per heavy atom. The van der Waals surface area contributed by atoms with E-state index in [1.807, 2.05) is 22.6 Å². The van der Waals surface area contributed by atoms with Crippen molar-refractivity contribution < 1.29 is 4.92 Å². The van der Waals surface area contributed by atoms with E-state index in [1.165, 1.54) is 12.1 Å². The molecule has 0 amide bonds. The van der Waals surface area contributed by atoms with Crippen LogP contribution in [0.3, 0.4) is 0 Å². The van der Waals surface area contributed by atoms with Gasteiger partial charge in [0.1, 0.15) is 5.02 Å². The maximum atomic E-state index is 10.5. The van der Waals surface area contributed by atoms with Gasteiger partial charge in [-0.05, 0) is 34.2 Å². The van der Waals surface area contributed by atoms with Crippen LogP contribution in [0.25, 0.3) is 0 Å². The first-order chi connectivity index (χ1) is 6.06. The molecule has 0 saturated carbocycles. The van der Waals surface area contributed by atoms with Crippen molar-refractivity contribution in [2.24, 2.45) is 0 Å². The summed E-state index contributed by atoms with van der Waals surface area (Å²) in [7, 11) is 0. The Kier molecular flexibility index (Phi) is 3.75. The highest BCUT2D eigenvalue weighted by Gasteiger charge is 2.14. The molecule has 0 radical (unpaired) electrons. The molecule has 6 heteroatoms. The highest BCUT2D eigenvalue weighted by Crippen LogP contribution is 2.29. The van der Waals surface area contributed by atoms with Crippen LogP contribution < -0.4 is 0 Å². The lowest BCUT2D eigenvalue weighted by Gasteiger charge is -2.01.